The first-order chi connectivity index (χ1) is 10.7. The summed E-state index contributed by atoms with van der Waals surface area (Å²) in [7, 11) is 0. The van der Waals surface area contributed by atoms with Crippen LogP contribution in [0.5, 0.6) is 0 Å². The van der Waals surface area contributed by atoms with E-state index in [0.29, 0.717) is 25.0 Å². The zero-order valence-corrected chi connectivity index (χ0v) is 13.5. The van der Waals surface area contributed by atoms with Crippen molar-refractivity contribution in [1.29, 1.82) is 0 Å². The molecule has 1 aliphatic carbocycles. The molecule has 1 amide bonds. The average Bonchev–Trinajstić information content (AvgIpc) is 2.59. The lowest BCUT2D eigenvalue weighted by Gasteiger charge is -2.31. The highest BCUT2D eigenvalue weighted by Crippen LogP contribution is 2.28. The van der Waals surface area contributed by atoms with Crippen molar-refractivity contribution in [3.8, 4) is 0 Å². The van der Waals surface area contributed by atoms with E-state index in [1.807, 2.05) is 42.2 Å². The largest absolute Gasteiger partial charge is 0.445 e. The molecule has 2 rings (SSSR count). The van der Waals surface area contributed by atoms with E-state index >= 15 is 0 Å². The molecule has 122 valence electrons. The fourth-order valence-electron chi connectivity index (χ4n) is 3.10. The van der Waals surface area contributed by atoms with Gasteiger partial charge in [-0.1, -0.05) is 30.3 Å². The first-order valence-corrected chi connectivity index (χ1v) is 8.38. The monoisotopic (exact) mass is 304 g/mol. The van der Waals surface area contributed by atoms with Gasteiger partial charge in [0.1, 0.15) is 6.61 Å². The molecule has 1 saturated carbocycles. The Kier molecular flexibility index (Phi) is 6.72. The maximum absolute atomic E-state index is 12.2. The van der Waals surface area contributed by atoms with Gasteiger partial charge in [-0.05, 0) is 56.6 Å². The lowest BCUT2D eigenvalue weighted by Crippen LogP contribution is -2.37. The number of rotatable bonds is 6. The predicted octanol–water partition coefficient (Wildman–Crippen LogP) is 3.41. The lowest BCUT2D eigenvalue weighted by atomic mass is 9.82. The second kappa shape index (κ2) is 8.79. The predicted molar refractivity (Wildman–Crippen MR) is 88.4 cm³/mol. The summed E-state index contributed by atoms with van der Waals surface area (Å²) in [5.41, 5.74) is 6.76. The zero-order valence-electron chi connectivity index (χ0n) is 13.5. The Balaban J connectivity index is 1.77. The third-order valence-electron chi connectivity index (χ3n) is 4.62. The number of hydrogen-bond donors (Lipinski definition) is 1. The molecule has 0 heterocycles. The van der Waals surface area contributed by atoms with Crippen molar-refractivity contribution in [1.82, 2.24) is 4.90 Å². The van der Waals surface area contributed by atoms with Crippen LogP contribution in [0.15, 0.2) is 30.3 Å². The Morgan fingerprint density at radius 3 is 2.41 bits per heavy atom. The minimum Gasteiger partial charge on any atom is -0.445 e. The molecule has 0 saturated heterocycles. The van der Waals surface area contributed by atoms with Crippen molar-refractivity contribution in [3.05, 3.63) is 35.9 Å². The van der Waals surface area contributed by atoms with Gasteiger partial charge in [0.15, 0.2) is 0 Å². The summed E-state index contributed by atoms with van der Waals surface area (Å²) < 4.78 is 5.43. The van der Waals surface area contributed by atoms with Gasteiger partial charge in [-0.15, -0.1) is 0 Å². The molecule has 0 unspecified atom stereocenters. The molecule has 0 aromatic heterocycles. The SMILES string of the molecule is CCN(CC1CCC(CN)CC1)C(=O)OCc1ccccc1. The standard InChI is InChI=1S/C18H28N2O2/c1-2-20(13-16-10-8-15(12-19)9-11-16)18(21)22-14-17-6-4-3-5-7-17/h3-7,15-16H,2,8-14,19H2,1H3. The van der Waals surface area contributed by atoms with Crippen molar-refractivity contribution in [2.45, 2.75) is 39.2 Å². The van der Waals surface area contributed by atoms with Crippen molar-refractivity contribution < 1.29 is 9.53 Å². The first-order valence-electron chi connectivity index (χ1n) is 8.38. The van der Waals surface area contributed by atoms with E-state index in [-0.39, 0.29) is 6.09 Å². The summed E-state index contributed by atoms with van der Waals surface area (Å²) in [4.78, 5) is 14.1. The molecule has 0 radical (unpaired) electrons. The van der Waals surface area contributed by atoms with Gasteiger partial charge < -0.3 is 15.4 Å². The van der Waals surface area contributed by atoms with E-state index in [0.717, 1.165) is 18.7 Å². The van der Waals surface area contributed by atoms with Crippen LogP contribution in [-0.2, 0) is 11.3 Å². The number of nitrogens with zero attached hydrogens (tertiary/aromatic N) is 1. The van der Waals surface area contributed by atoms with Gasteiger partial charge >= 0.3 is 6.09 Å². The molecule has 22 heavy (non-hydrogen) atoms. The third-order valence-corrected chi connectivity index (χ3v) is 4.62. The number of hydrogen-bond acceptors (Lipinski definition) is 3. The van der Waals surface area contributed by atoms with E-state index in [2.05, 4.69) is 0 Å². The summed E-state index contributed by atoms with van der Waals surface area (Å²) >= 11 is 0. The average molecular weight is 304 g/mol. The smallest absolute Gasteiger partial charge is 0.410 e. The Morgan fingerprint density at radius 1 is 1.18 bits per heavy atom. The third kappa shape index (κ3) is 5.02. The molecule has 4 heteroatoms. The van der Waals surface area contributed by atoms with Crippen molar-refractivity contribution in [3.63, 3.8) is 0 Å². The molecule has 4 nitrogen and oxygen atoms in total. The van der Waals surface area contributed by atoms with Crippen LogP contribution >= 0.6 is 0 Å². The fourth-order valence-corrected chi connectivity index (χ4v) is 3.10. The quantitative estimate of drug-likeness (QED) is 0.876. The van der Waals surface area contributed by atoms with Gasteiger partial charge in [0.25, 0.3) is 0 Å². The summed E-state index contributed by atoms with van der Waals surface area (Å²) in [6, 6.07) is 9.81. The molecule has 2 N–H and O–H groups in total. The first kappa shape index (κ1) is 16.8. The van der Waals surface area contributed by atoms with E-state index in [4.69, 9.17) is 10.5 Å². The highest BCUT2D eigenvalue weighted by Gasteiger charge is 2.24. The molecular weight excluding hydrogens is 276 g/mol. The minimum absolute atomic E-state index is 0.202. The summed E-state index contributed by atoms with van der Waals surface area (Å²) in [5, 5.41) is 0. The van der Waals surface area contributed by atoms with Gasteiger partial charge in [0.2, 0.25) is 0 Å². The molecule has 0 bridgehead atoms. The van der Waals surface area contributed by atoms with Crippen LogP contribution in [0.25, 0.3) is 0 Å². The van der Waals surface area contributed by atoms with Crippen LogP contribution in [0.2, 0.25) is 0 Å². The summed E-state index contributed by atoms with van der Waals surface area (Å²) in [6.07, 6.45) is 4.52. The number of carbonyl (C=O) groups excluding carboxylic acids is 1. The van der Waals surface area contributed by atoms with E-state index in [1.54, 1.807) is 0 Å². The van der Waals surface area contributed by atoms with Crippen molar-refractivity contribution in [2.75, 3.05) is 19.6 Å². The number of carbonyl (C=O) groups is 1. The molecule has 0 atom stereocenters. The lowest BCUT2D eigenvalue weighted by molar-refractivity contribution is 0.0874. The Hall–Kier alpha value is -1.55. The highest BCUT2D eigenvalue weighted by molar-refractivity contribution is 5.67. The fraction of sp³-hybridized carbons (Fsp3) is 0.611. The van der Waals surface area contributed by atoms with Crippen LogP contribution in [0.4, 0.5) is 4.79 Å². The second-order valence-electron chi connectivity index (χ2n) is 6.20. The molecule has 1 fully saturated rings. The topological polar surface area (TPSA) is 55.6 Å². The maximum Gasteiger partial charge on any atom is 0.410 e. The van der Waals surface area contributed by atoms with E-state index in [9.17, 15) is 4.79 Å². The van der Waals surface area contributed by atoms with Crippen molar-refractivity contribution in [2.24, 2.45) is 17.6 Å². The Bertz CT molecular complexity index is 442. The van der Waals surface area contributed by atoms with Crippen molar-refractivity contribution >= 4 is 6.09 Å². The zero-order chi connectivity index (χ0) is 15.8. The van der Waals surface area contributed by atoms with Gasteiger partial charge in [-0.25, -0.2) is 4.79 Å². The molecular formula is C18H28N2O2. The number of benzene rings is 1. The van der Waals surface area contributed by atoms with Crippen LogP contribution in [0, 0.1) is 11.8 Å². The number of amides is 1. The number of nitrogens with two attached hydrogens (primary N) is 1. The van der Waals surface area contributed by atoms with Gasteiger partial charge in [-0.3, -0.25) is 0 Å². The van der Waals surface area contributed by atoms with Crippen LogP contribution in [0.3, 0.4) is 0 Å². The molecule has 1 aliphatic rings. The molecule has 1 aromatic rings. The molecule has 1 aromatic carbocycles. The highest BCUT2D eigenvalue weighted by atomic mass is 16.6. The Morgan fingerprint density at radius 2 is 1.82 bits per heavy atom. The van der Waals surface area contributed by atoms with Gasteiger partial charge in [0.05, 0.1) is 0 Å². The van der Waals surface area contributed by atoms with Crippen LogP contribution < -0.4 is 5.73 Å². The normalized spacial score (nSPS) is 21.4. The van der Waals surface area contributed by atoms with Gasteiger partial charge in [-0.2, -0.15) is 0 Å². The summed E-state index contributed by atoms with van der Waals surface area (Å²) in [5.74, 6) is 1.27. The van der Waals surface area contributed by atoms with E-state index in [1.165, 1.54) is 25.7 Å². The van der Waals surface area contributed by atoms with Crippen LogP contribution in [-0.4, -0.2) is 30.6 Å². The maximum atomic E-state index is 12.2. The second-order valence-corrected chi connectivity index (χ2v) is 6.20. The minimum atomic E-state index is -0.202. The van der Waals surface area contributed by atoms with Gasteiger partial charge in [0, 0.05) is 13.1 Å². The van der Waals surface area contributed by atoms with E-state index < -0.39 is 0 Å². The summed E-state index contributed by atoms with van der Waals surface area (Å²) in [6.45, 7) is 4.65. The molecule has 0 aliphatic heterocycles. The Labute approximate surface area is 133 Å². The number of ether oxygens (including phenoxy) is 1. The van der Waals surface area contributed by atoms with Crippen LogP contribution in [0.1, 0.15) is 38.2 Å². The molecule has 0 spiro atoms.